The average Bonchev–Trinajstić information content (AvgIpc) is 3.16. The third kappa shape index (κ3) is 18.7. The fourth-order valence-electron chi connectivity index (χ4n) is 5.91. The van der Waals surface area contributed by atoms with E-state index in [9.17, 15) is 9.59 Å². The maximum absolute atomic E-state index is 12.7. The molecule has 0 spiro atoms. The maximum atomic E-state index is 12.7. The molecule has 0 radical (unpaired) electrons. The molecule has 5 heteroatoms. The Morgan fingerprint density at radius 3 is 1.29 bits per heavy atom. The van der Waals surface area contributed by atoms with Crippen LogP contribution in [0.1, 0.15) is 174 Å². The van der Waals surface area contributed by atoms with Gasteiger partial charge in [-0.2, -0.15) is 0 Å². The number of carbonyl (C=O) groups excluding carboxylic acids is 2. The Bertz CT molecular complexity index is 1410. The second-order valence-corrected chi connectivity index (χ2v) is 13.6. The van der Waals surface area contributed by atoms with E-state index < -0.39 is 5.97 Å². The van der Waals surface area contributed by atoms with Crippen LogP contribution in [0.25, 0.3) is 0 Å². The van der Waals surface area contributed by atoms with Gasteiger partial charge in [0.05, 0.1) is 24.3 Å². The van der Waals surface area contributed by atoms with Crippen molar-refractivity contribution in [1.29, 1.82) is 0 Å². The predicted octanol–water partition coefficient (Wildman–Crippen LogP) is 12.7. The monoisotopic (exact) mass is 694 g/mol. The van der Waals surface area contributed by atoms with Crippen molar-refractivity contribution < 1.29 is 23.8 Å². The van der Waals surface area contributed by atoms with Crippen molar-refractivity contribution in [1.82, 2.24) is 0 Å². The lowest BCUT2D eigenvalue weighted by atomic mass is 10.1. The highest BCUT2D eigenvalue weighted by Gasteiger charge is 2.09. The van der Waals surface area contributed by atoms with Crippen molar-refractivity contribution in [2.75, 3.05) is 13.2 Å². The molecular formula is C46H62O5. The summed E-state index contributed by atoms with van der Waals surface area (Å²) in [6.07, 6.45) is 25.4. The average molecular weight is 695 g/mol. The number of esters is 2. The Morgan fingerprint density at radius 1 is 0.431 bits per heavy atom. The van der Waals surface area contributed by atoms with Gasteiger partial charge in [-0.1, -0.05) is 141 Å². The molecule has 0 aliphatic carbocycles. The number of hydrogen-bond donors (Lipinski definition) is 0. The molecule has 0 unspecified atom stereocenters. The summed E-state index contributed by atoms with van der Waals surface area (Å²) in [5, 5.41) is 0. The molecule has 276 valence electrons. The zero-order valence-electron chi connectivity index (χ0n) is 31.5. The van der Waals surface area contributed by atoms with Crippen LogP contribution in [0, 0.1) is 11.8 Å². The van der Waals surface area contributed by atoms with Crippen molar-refractivity contribution in [3.8, 4) is 23.3 Å². The Hall–Kier alpha value is -4.04. The number of carbonyl (C=O) groups is 2. The number of unbranched alkanes of at least 4 members (excludes halogenated alkanes) is 18. The van der Waals surface area contributed by atoms with E-state index in [1.165, 1.54) is 109 Å². The Labute approximate surface area is 308 Å². The van der Waals surface area contributed by atoms with Gasteiger partial charge in [0.2, 0.25) is 0 Å². The molecule has 0 aliphatic heterocycles. The molecule has 51 heavy (non-hydrogen) atoms. The first-order valence-corrected chi connectivity index (χ1v) is 19.9. The molecule has 0 N–H and O–H groups in total. The van der Waals surface area contributed by atoms with Gasteiger partial charge in [-0.05, 0) is 85.6 Å². The van der Waals surface area contributed by atoms with Gasteiger partial charge >= 0.3 is 11.9 Å². The Morgan fingerprint density at radius 2 is 0.804 bits per heavy atom. The third-order valence-electron chi connectivity index (χ3n) is 9.12. The summed E-state index contributed by atoms with van der Waals surface area (Å²) in [6, 6.07) is 21.4. The summed E-state index contributed by atoms with van der Waals surface area (Å²) in [6.45, 7) is 5.66. The Balaban J connectivity index is 1.29. The second-order valence-electron chi connectivity index (χ2n) is 13.6. The van der Waals surface area contributed by atoms with E-state index >= 15 is 0 Å². The van der Waals surface area contributed by atoms with Gasteiger partial charge < -0.3 is 14.2 Å². The lowest BCUT2D eigenvalue weighted by Gasteiger charge is -2.08. The minimum Gasteiger partial charge on any atom is -0.494 e. The number of hydrogen-bond acceptors (Lipinski definition) is 5. The van der Waals surface area contributed by atoms with E-state index in [4.69, 9.17) is 14.2 Å². The number of benzene rings is 3. The summed E-state index contributed by atoms with van der Waals surface area (Å²) in [4.78, 5) is 25.1. The minimum atomic E-state index is -0.419. The van der Waals surface area contributed by atoms with Crippen LogP contribution in [0.2, 0.25) is 0 Å². The molecule has 0 heterocycles. The molecule has 0 atom stereocenters. The quantitative estimate of drug-likeness (QED) is 0.0362. The van der Waals surface area contributed by atoms with Crippen LogP contribution in [0.15, 0.2) is 72.8 Å². The minimum absolute atomic E-state index is 0.292. The van der Waals surface area contributed by atoms with Gasteiger partial charge in [0, 0.05) is 11.1 Å². The van der Waals surface area contributed by atoms with Gasteiger partial charge in [-0.3, -0.25) is 0 Å². The molecule has 0 aromatic heterocycles. The fraction of sp³-hybridized carbons (Fsp3) is 0.522. The highest BCUT2D eigenvalue weighted by Crippen LogP contribution is 2.18. The summed E-state index contributed by atoms with van der Waals surface area (Å²) in [5.41, 5.74) is 2.59. The van der Waals surface area contributed by atoms with Gasteiger partial charge in [0.25, 0.3) is 0 Å². The zero-order chi connectivity index (χ0) is 36.2. The van der Waals surface area contributed by atoms with Gasteiger partial charge in [0.15, 0.2) is 0 Å². The molecule has 0 saturated heterocycles. The highest BCUT2D eigenvalue weighted by molar-refractivity contribution is 5.91. The molecule has 0 fully saturated rings. The second kappa shape index (κ2) is 26.7. The molecule has 3 rings (SSSR count). The lowest BCUT2D eigenvalue weighted by Crippen LogP contribution is -2.08. The van der Waals surface area contributed by atoms with Crippen LogP contribution in [0.4, 0.5) is 0 Å². The molecule has 3 aromatic carbocycles. The highest BCUT2D eigenvalue weighted by atomic mass is 16.5. The lowest BCUT2D eigenvalue weighted by molar-refractivity contribution is 0.0497. The molecular weight excluding hydrogens is 633 g/mol. The van der Waals surface area contributed by atoms with Crippen molar-refractivity contribution >= 4 is 11.9 Å². The fourth-order valence-corrected chi connectivity index (χ4v) is 5.91. The van der Waals surface area contributed by atoms with E-state index in [0.29, 0.717) is 30.1 Å². The molecule has 0 saturated carbocycles. The molecule has 0 aliphatic rings. The molecule has 3 aromatic rings. The maximum Gasteiger partial charge on any atom is 0.343 e. The summed E-state index contributed by atoms with van der Waals surface area (Å²) in [7, 11) is 0. The SMILES string of the molecule is CCCCCCCCCCCCOC(=O)c1ccc(C#Cc2ccc(OC(=O)c3ccc(OCCCCCCCCCCCC)cc3)cc2)cc1. The molecule has 5 nitrogen and oxygen atoms in total. The van der Waals surface area contributed by atoms with Crippen LogP contribution in [-0.4, -0.2) is 25.2 Å². The normalized spacial score (nSPS) is 10.7. The summed E-state index contributed by atoms with van der Waals surface area (Å²) in [5.74, 6) is 6.75. The standard InChI is InChI=1S/C46H62O5/c1-3-5-7-9-11-13-15-17-19-21-37-49-43-35-31-42(32-36-43)46(48)51-44-33-27-40(28-34-44)24-23-39-25-29-41(30-26-39)45(47)50-38-22-20-18-16-14-12-10-8-6-4-2/h25-36H,3-22,37-38H2,1-2H3. The van der Waals surface area contributed by atoms with Crippen molar-refractivity contribution in [3.05, 3.63) is 95.1 Å². The summed E-state index contributed by atoms with van der Waals surface area (Å²) < 4.78 is 16.9. The first kappa shape index (κ1) is 41.4. The van der Waals surface area contributed by atoms with E-state index in [1.54, 1.807) is 36.4 Å². The van der Waals surface area contributed by atoms with Gasteiger partial charge in [0.1, 0.15) is 11.5 Å². The topological polar surface area (TPSA) is 61.8 Å². The third-order valence-corrected chi connectivity index (χ3v) is 9.12. The van der Waals surface area contributed by atoms with Crippen molar-refractivity contribution in [3.63, 3.8) is 0 Å². The number of rotatable bonds is 26. The van der Waals surface area contributed by atoms with Crippen LogP contribution in [0.3, 0.4) is 0 Å². The van der Waals surface area contributed by atoms with E-state index in [0.717, 1.165) is 36.1 Å². The summed E-state index contributed by atoms with van der Waals surface area (Å²) >= 11 is 0. The largest absolute Gasteiger partial charge is 0.494 e. The molecule has 0 amide bonds. The van der Waals surface area contributed by atoms with Crippen LogP contribution in [0.5, 0.6) is 11.5 Å². The molecule has 0 bridgehead atoms. The smallest absolute Gasteiger partial charge is 0.343 e. The van der Waals surface area contributed by atoms with E-state index in [2.05, 4.69) is 25.7 Å². The van der Waals surface area contributed by atoms with Crippen molar-refractivity contribution in [2.24, 2.45) is 0 Å². The van der Waals surface area contributed by atoms with Crippen molar-refractivity contribution in [2.45, 2.75) is 142 Å². The van der Waals surface area contributed by atoms with Gasteiger partial charge in [-0.25, -0.2) is 9.59 Å². The predicted molar refractivity (Wildman–Crippen MR) is 210 cm³/mol. The Kier molecular flexibility index (Phi) is 21.7. The first-order valence-electron chi connectivity index (χ1n) is 19.9. The first-order chi connectivity index (χ1) is 25.1. The van der Waals surface area contributed by atoms with Gasteiger partial charge in [-0.15, -0.1) is 0 Å². The van der Waals surface area contributed by atoms with Crippen LogP contribution in [-0.2, 0) is 4.74 Å². The van der Waals surface area contributed by atoms with E-state index in [1.807, 2.05) is 36.4 Å². The number of ether oxygens (including phenoxy) is 3. The van der Waals surface area contributed by atoms with Crippen LogP contribution < -0.4 is 9.47 Å². The van der Waals surface area contributed by atoms with E-state index in [-0.39, 0.29) is 5.97 Å². The van der Waals surface area contributed by atoms with Crippen LogP contribution >= 0.6 is 0 Å². The zero-order valence-corrected chi connectivity index (χ0v) is 31.5.